The number of carboxylic acids is 1. The standard InChI is InChI=1S/C15H18N2O2/c18-15(19)12-3-1-11(2-4-12)10-17-8-6-13-9-16-7-5-14(13)17/h5-9,11-12H,1-4,10H2,(H,18,19)/t11-,12-. The van der Waals surface area contributed by atoms with Crippen molar-refractivity contribution in [3.63, 3.8) is 0 Å². The van der Waals surface area contributed by atoms with Gasteiger partial charge in [0.15, 0.2) is 0 Å². The highest BCUT2D eigenvalue weighted by Crippen LogP contribution is 2.30. The highest BCUT2D eigenvalue weighted by Gasteiger charge is 2.26. The molecular weight excluding hydrogens is 240 g/mol. The quantitative estimate of drug-likeness (QED) is 0.921. The van der Waals surface area contributed by atoms with Gasteiger partial charge in [0.1, 0.15) is 0 Å². The number of nitrogens with zero attached hydrogens (tertiary/aromatic N) is 2. The lowest BCUT2D eigenvalue weighted by atomic mass is 9.82. The van der Waals surface area contributed by atoms with Crippen LogP contribution in [0.4, 0.5) is 0 Å². The summed E-state index contributed by atoms with van der Waals surface area (Å²) in [7, 11) is 0. The van der Waals surface area contributed by atoms with E-state index >= 15 is 0 Å². The molecule has 1 fully saturated rings. The summed E-state index contributed by atoms with van der Waals surface area (Å²) in [5, 5.41) is 10.2. The third-order valence-electron chi connectivity index (χ3n) is 4.22. The number of rotatable bonds is 3. The molecule has 0 spiro atoms. The molecule has 1 aliphatic rings. The van der Waals surface area contributed by atoms with Crippen molar-refractivity contribution < 1.29 is 9.90 Å². The zero-order valence-corrected chi connectivity index (χ0v) is 10.8. The minimum atomic E-state index is -0.629. The zero-order chi connectivity index (χ0) is 13.2. The fourth-order valence-electron chi connectivity index (χ4n) is 3.07. The second-order valence-electron chi connectivity index (χ2n) is 5.46. The van der Waals surface area contributed by atoms with Crippen LogP contribution in [0.15, 0.2) is 30.7 Å². The maximum Gasteiger partial charge on any atom is 0.306 e. The van der Waals surface area contributed by atoms with Crippen LogP contribution in [-0.4, -0.2) is 20.6 Å². The van der Waals surface area contributed by atoms with Crippen molar-refractivity contribution in [1.29, 1.82) is 0 Å². The van der Waals surface area contributed by atoms with Gasteiger partial charge in [-0.15, -0.1) is 0 Å². The fraction of sp³-hybridized carbons (Fsp3) is 0.467. The summed E-state index contributed by atoms with van der Waals surface area (Å²) in [6.07, 6.45) is 9.48. The summed E-state index contributed by atoms with van der Waals surface area (Å²) in [4.78, 5) is 15.1. The van der Waals surface area contributed by atoms with Crippen LogP contribution in [0.1, 0.15) is 25.7 Å². The van der Waals surface area contributed by atoms with Crippen LogP contribution < -0.4 is 0 Å². The second kappa shape index (κ2) is 5.03. The minimum absolute atomic E-state index is 0.123. The molecule has 4 heteroatoms. The average Bonchev–Trinajstić information content (AvgIpc) is 2.83. The predicted molar refractivity (Wildman–Crippen MR) is 72.8 cm³/mol. The van der Waals surface area contributed by atoms with Gasteiger partial charge in [-0.3, -0.25) is 9.78 Å². The smallest absolute Gasteiger partial charge is 0.306 e. The summed E-state index contributed by atoms with van der Waals surface area (Å²) in [5.41, 5.74) is 1.22. The van der Waals surface area contributed by atoms with Crippen molar-refractivity contribution in [2.24, 2.45) is 11.8 Å². The van der Waals surface area contributed by atoms with E-state index in [0.717, 1.165) is 32.2 Å². The van der Waals surface area contributed by atoms with E-state index in [1.54, 1.807) is 0 Å². The van der Waals surface area contributed by atoms with Crippen LogP contribution in [0.2, 0.25) is 0 Å². The van der Waals surface area contributed by atoms with Crippen molar-refractivity contribution in [1.82, 2.24) is 9.55 Å². The molecule has 2 aromatic rings. The molecule has 4 nitrogen and oxygen atoms in total. The molecule has 2 aromatic heterocycles. The van der Waals surface area contributed by atoms with E-state index in [1.165, 1.54) is 10.9 Å². The van der Waals surface area contributed by atoms with E-state index in [9.17, 15) is 4.79 Å². The third-order valence-corrected chi connectivity index (χ3v) is 4.22. The molecule has 0 atom stereocenters. The number of hydrogen-bond acceptors (Lipinski definition) is 2. The van der Waals surface area contributed by atoms with Crippen molar-refractivity contribution >= 4 is 16.9 Å². The Morgan fingerprint density at radius 2 is 2.11 bits per heavy atom. The Morgan fingerprint density at radius 3 is 2.84 bits per heavy atom. The number of fused-ring (bicyclic) bond motifs is 1. The first kappa shape index (κ1) is 12.2. The fourth-order valence-corrected chi connectivity index (χ4v) is 3.07. The van der Waals surface area contributed by atoms with Gasteiger partial charge in [0, 0.05) is 30.5 Å². The number of aromatic nitrogens is 2. The Balaban J connectivity index is 1.68. The Morgan fingerprint density at radius 1 is 1.32 bits per heavy atom. The number of carbonyl (C=O) groups is 1. The van der Waals surface area contributed by atoms with Gasteiger partial charge in [0.2, 0.25) is 0 Å². The van der Waals surface area contributed by atoms with Crippen LogP contribution >= 0.6 is 0 Å². The normalized spacial score (nSPS) is 23.6. The Kier molecular flexibility index (Phi) is 3.23. The van der Waals surface area contributed by atoms with Gasteiger partial charge >= 0.3 is 5.97 Å². The Hall–Kier alpha value is -1.84. The van der Waals surface area contributed by atoms with E-state index in [1.807, 2.05) is 18.5 Å². The Bertz CT molecular complexity index is 583. The summed E-state index contributed by atoms with van der Waals surface area (Å²) in [5.74, 6) is -0.155. The van der Waals surface area contributed by atoms with E-state index in [-0.39, 0.29) is 5.92 Å². The molecule has 100 valence electrons. The van der Waals surface area contributed by atoms with Crippen molar-refractivity contribution in [3.8, 4) is 0 Å². The molecule has 0 amide bonds. The highest BCUT2D eigenvalue weighted by atomic mass is 16.4. The first-order valence-electron chi connectivity index (χ1n) is 6.85. The van der Waals surface area contributed by atoms with E-state index in [4.69, 9.17) is 5.11 Å². The molecule has 2 heterocycles. The molecule has 0 saturated heterocycles. The molecule has 1 N–H and O–H groups in total. The molecule has 0 aliphatic heterocycles. The highest BCUT2D eigenvalue weighted by molar-refractivity contribution is 5.78. The van der Waals surface area contributed by atoms with E-state index in [0.29, 0.717) is 5.92 Å². The van der Waals surface area contributed by atoms with Gasteiger partial charge in [-0.1, -0.05) is 0 Å². The van der Waals surface area contributed by atoms with Gasteiger partial charge in [0.05, 0.1) is 11.4 Å². The predicted octanol–water partition coefficient (Wildman–Crippen LogP) is 2.93. The second-order valence-corrected chi connectivity index (χ2v) is 5.46. The van der Waals surface area contributed by atoms with E-state index in [2.05, 4.69) is 21.8 Å². The average molecular weight is 258 g/mol. The molecule has 1 aliphatic carbocycles. The van der Waals surface area contributed by atoms with Gasteiger partial charge in [-0.05, 0) is 43.7 Å². The summed E-state index contributed by atoms with van der Waals surface area (Å²) in [6, 6.07) is 4.13. The number of pyridine rings is 1. The van der Waals surface area contributed by atoms with Crippen molar-refractivity contribution in [2.45, 2.75) is 32.2 Å². The number of hydrogen-bond donors (Lipinski definition) is 1. The molecule has 0 aromatic carbocycles. The third kappa shape index (κ3) is 2.48. The maximum absolute atomic E-state index is 10.9. The van der Waals surface area contributed by atoms with Crippen LogP contribution in [0, 0.1) is 11.8 Å². The number of carboxylic acid groups (broad SMARTS) is 1. The summed E-state index contributed by atoms with van der Waals surface area (Å²) < 4.78 is 2.27. The monoisotopic (exact) mass is 258 g/mol. The first-order valence-corrected chi connectivity index (χ1v) is 6.85. The molecule has 1 saturated carbocycles. The lowest BCUT2D eigenvalue weighted by Crippen LogP contribution is -2.23. The van der Waals surface area contributed by atoms with Gasteiger partial charge in [-0.25, -0.2) is 0 Å². The Labute approximate surface area is 112 Å². The topological polar surface area (TPSA) is 55.1 Å². The lowest BCUT2D eigenvalue weighted by Gasteiger charge is -2.26. The first-order chi connectivity index (χ1) is 9.24. The molecule has 0 unspecified atom stereocenters. The largest absolute Gasteiger partial charge is 0.481 e. The molecule has 3 rings (SSSR count). The number of aliphatic carboxylic acids is 1. The molecular formula is C15H18N2O2. The summed E-state index contributed by atoms with van der Waals surface area (Å²) >= 11 is 0. The SMILES string of the molecule is O=C(O)[C@H]1CC[C@H](Cn2ccc3cnccc32)CC1. The molecule has 19 heavy (non-hydrogen) atoms. The molecule has 0 bridgehead atoms. The minimum Gasteiger partial charge on any atom is -0.481 e. The van der Waals surface area contributed by atoms with E-state index < -0.39 is 5.97 Å². The van der Waals surface area contributed by atoms with Crippen molar-refractivity contribution in [2.75, 3.05) is 0 Å². The van der Waals surface area contributed by atoms with Crippen LogP contribution in [0.25, 0.3) is 10.9 Å². The van der Waals surface area contributed by atoms with Gasteiger partial charge in [0.25, 0.3) is 0 Å². The van der Waals surface area contributed by atoms with Crippen LogP contribution in [0.5, 0.6) is 0 Å². The summed E-state index contributed by atoms with van der Waals surface area (Å²) in [6.45, 7) is 0.986. The van der Waals surface area contributed by atoms with Crippen molar-refractivity contribution in [3.05, 3.63) is 30.7 Å². The maximum atomic E-state index is 10.9. The van der Waals surface area contributed by atoms with Crippen LogP contribution in [0.3, 0.4) is 0 Å². The molecule has 0 radical (unpaired) electrons. The van der Waals surface area contributed by atoms with Gasteiger partial charge < -0.3 is 9.67 Å². The van der Waals surface area contributed by atoms with Crippen LogP contribution in [-0.2, 0) is 11.3 Å². The lowest BCUT2D eigenvalue weighted by molar-refractivity contribution is -0.143. The zero-order valence-electron chi connectivity index (χ0n) is 10.8. The van der Waals surface area contributed by atoms with Gasteiger partial charge in [-0.2, -0.15) is 0 Å².